The molecule has 1 atom stereocenters. The van der Waals surface area contributed by atoms with Crippen molar-refractivity contribution >= 4 is 17.7 Å². The molecule has 1 unspecified atom stereocenters. The summed E-state index contributed by atoms with van der Waals surface area (Å²) >= 11 is 0. The number of benzene rings is 1. The summed E-state index contributed by atoms with van der Waals surface area (Å²) < 4.78 is 4.88. The van der Waals surface area contributed by atoms with Gasteiger partial charge in [-0.05, 0) is 49.9 Å². The Morgan fingerprint density at radius 2 is 1.86 bits per heavy atom. The molecule has 6 heteroatoms. The fourth-order valence-corrected chi connectivity index (χ4v) is 2.06. The molecule has 0 bridgehead atoms. The van der Waals surface area contributed by atoms with Crippen molar-refractivity contribution in [2.45, 2.75) is 32.7 Å². The highest BCUT2D eigenvalue weighted by molar-refractivity contribution is 5.92. The number of amides is 2. The molecule has 21 heavy (non-hydrogen) atoms. The molecule has 0 saturated carbocycles. The summed E-state index contributed by atoms with van der Waals surface area (Å²) in [4.78, 5) is 23.0. The van der Waals surface area contributed by atoms with Gasteiger partial charge in [0.15, 0.2) is 0 Å². The third-order valence-electron chi connectivity index (χ3n) is 2.92. The van der Waals surface area contributed by atoms with E-state index in [1.54, 1.807) is 7.11 Å². The number of rotatable bonds is 7. The maximum absolute atomic E-state index is 11.9. The number of hydrogen-bond donors (Lipinski definition) is 3. The lowest BCUT2D eigenvalue weighted by atomic mass is 10.1. The van der Waals surface area contributed by atoms with Crippen LogP contribution in [-0.2, 0) is 9.53 Å². The second-order valence-electron chi connectivity index (χ2n) is 5.00. The lowest BCUT2D eigenvalue weighted by molar-refractivity contribution is -0.139. The zero-order valence-corrected chi connectivity index (χ0v) is 12.6. The molecule has 1 aromatic rings. The highest BCUT2D eigenvalue weighted by atomic mass is 16.5. The number of methoxy groups -OCH3 is 1. The fourth-order valence-electron chi connectivity index (χ4n) is 2.06. The van der Waals surface area contributed by atoms with E-state index in [2.05, 4.69) is 10.6 Å². The molecule has 1 rings (SSSR count). The molecular formula is C15H22N2O4. The molecule has 0 aliphatic carbocycles. The van der Waals surface area contributed by atoms with E-state index in [1.165, 1.54) is 0 Å². The molecule has 6 nitrogen and oxygen atoms in total. The Hall–Kier alpha value is -2.08. The van der Waals surface area contributed by atoms with Gasteiger partial charge in [-0.25, -0.2) is 9.59 Å². The largest absolute Gasteiger partial charge is 0.480 e. The van der Waals surface area contributed by atoms with Crippen molar-refractivity contribution in [2.75, 3.05) is 19.0 Å². The number of ether oxygens (including phenoxy) is 1. The average Bonchev–Trinajstić information content (AvgIpc) is 2.36. The number of urea groups is 1. The monoisotopic (exact) mass is 294 g/mol. The Bertz CT molecular complexity index is 482. The zero-order chi connectivity index (χ0) is 15.8. The fraction of sp³-hybridized carbons (Fsp3) is 0.467. The molecule has 0 aliphatic heterocycles. The van der Waals surface area contributed by atoms with Gasteiger partial charge in [-0.1, -0.05) is 6.07 Å². The minimum atomic E-state index is -1.05. The van der Waals surface area contributed by atoms with E-state index < -0.39 is 18.0 Å². The van der Waals surface area contributed by atoms with Crippen LogP contribution in [0.25, 0.3) is 0 Å². The van der Waals surface area contributed by atoms with Gasteiger partial charge in [0, 0.05) is 19.4 Å². The van der Waals surface area contributed by atoms with Gasteiger partial charge in [0.05, 0.1) is 0 Å². The molecule has 0 fully saturated rings. The van der Waals surface area contributed by atoms with Gasteiger partial charge in [-0.15, -0.1) is 0 Å². The summed E-state index contributed by atoms with van der Waals surface area (Å²) in [6.45, 7) is 4.33. The second-order valence-corrected chi connectivity index (χ2v) is 5.00. The number of carboxylic acids is 1. The third kappa shape index (κ3) is 6.27. The predicted molar refractivity (Wildman–Crippen MR) is 80.6 cm³/mol. The summed E-state index contributed by atoms with van der Waals surface area (Å²) in [5, 5.41) is 14.2. The number of carboxylic acid groups (broad SMARTS) is 1. The average molecular weight is 294 g/mol. The number of carbonyl (C=O) groups is 2. The number of carbonyl (C=O) groups excluding carboxylic acids is 1. The van der Waals surface area contributed by atoms with Crippen LogP contribution in [0.2, 0.25) is 0 Å². The van der Waals surface area contributed by atoms with Gasteiger partial charge in [0.1, 0.15) is 6.04 Å². The summed E-state index contributed by atoms with van der Waals surface area (Å²) in [7, 11) is 1.55. The van der Waals surface area contributed by atoms with Gasteiger partial charge >= 0.3 is 12.0 Å². The second kappa shape index (κ2) is 8.26. The van der Waals surface area contributed by atoms with Crippen LogP contribution in [0.15, 0.2) is 18.2 Å². The quantitative estimate of drug-likeness (QED) is 0.673. The molecule has 0 spiro atoms. The Labute approximate surface area is 124 Å². The van der Waals surface area contributed by atoms with E-state index in [0.29, 0.717) is 25.1 Å². The van der Waals surface area contributed by atoms with Crippen LogP contribution in [0.3, 0.4) is 0 Å². The van der Waals surface area contributed by atoms with E-state index in [9.17, 15) is 9.59 Å². The van der Waals surface area contributed by atoms with Crippen LogP contribution in [0, 0.1) is 13.8 Å². The first-order valence-corrected chi connectivity index (χ1v) is 6.80. The van der Waals surface area contributed by atoms with Gasteiger partial charge in [0.25, 0.3) is 0 Å². The van der Waals surface area contributed by atoms with Crippen LogP contribution >= 0.6 is 0 Å². The normalized spacial score (nSPS) is 11.8. The van der Waals surface area contributed by atoms with Gasteiger partial charge in [0.2, 0.25) is 0 Å². The lowest BCUT2D eigenvalue weighted by Crippen LogP contribution is -2.43. The van der Waals surface area contributed by atoms with Gasteiger partial charge < -0.3 is 20.5 Å². The summed E-state index contributed by atoms with van der Waals surface area (Å²) in [5.41, 5.74) is 2.70. The number of hydrogen-bond acceptors (Lipinski definition) is 3. The molecule has 0 aromatic heterocycles. The van der Waals surface area contributed by atoms with E-state index in [4.69, 9.17) is 9.84 Å². The van der Waals surface area contributed by atoms with Crippen LogP contribution in [0.4, 0.5) is 10.5 Å². The Balaban J connectivity index is 2.58. The molecule has 0 saturated heterocycles. The topological polar surface area (TPSA) is 87.7 Å². The van der Waals surface area contributed by atoms with Crippen molar-refractivity contribution in [3.63, 3.8) is 0 Å². The number of anilines is 1. The van der Waals surface area contributed by atoms with Crippen molar-refractivity contribution < 1.29 is 19.4 Å². The van der Waals surface area contributed by atoms with Crippen molar-refractivity contribution in [3.05, 3.63) is 29.3 Å². The van der Waals surface area contributed by atoms with Crippen LogP contribution in [-0.4, -0.2) is 36.9 Å². The van der Waals surface area contributed by atoms with Gasteiger partial charge in [-0.2, -0.15) is 0 Å². The highest BCUT2D eigenvalue weighted by Gasteiger charge is 2.19. The van der Waals surface area contributed by atoms with Crippen molar-refractivity contribution in [3.8, 4) is 0 Å². The molecule has 116 valence electrons. The SMILES string of the molecule is COCCCC(NC(=O)Nc1cc(C)cc(C)c1)C(=O)O. The predicted octanol–water partition coefficient (Wildman–Crippen LogP) is 2.30. The first kappa shape index (κ1) is 17.0. The van der Waals surface area contributed by atoms with Crippen LogP contribution in [0.5, 0.6) is 0 Å². The first-order valence-electron chi connectivity index (χ1n) is 6.80. The van der Waals surface area contributed by atoms with Crippen LogP contribution < -0.4 is 10.6 Å². The van der Waals surface area contributed by atoms with E-state index in [0.717, 1.165) is 11.1 Å². The molecule has 0 radical (unpaired) electrons. The Kier molecular flexibility index (Phi) is 6.68. The maximum atomic E-state index is 11.9. The zero-order valence-electron chi connectivity index (χ0n) is 12.6. The van der Waals surface area contributed by atoms with Crippen molar-refractivity contribution in [1.82, 2.24) is 5.32 Å². The molecular weight excluding hydrogens is 272 g/mol. The van der Waals surface area contributed by atoms with E-state index >= 15 is 0 Å². The third-order valence-corrected chi connectivity index (χ3v) is 2.92. The lowest BCUT2D eigenvalue weighted by Gasteiger charge is -2.15. The molecule has 0 heterocycles. The number of aliphatic carboxylic acids is 1. The summed E-state index contributed by atoms with van der Waals surface area (Å²) in [6, 6.07) is 4.20. The van der Waals surface area contributed by atoms with E-state index in [1.807, 2.05) is 32.0 Å². The molecule has 1 aromatic carbocycles. The first-order chi connectivity index (χ1) is 9.92. The molecule has 0 aliphatic rings. The summed E-state index contributed by atoms with van der Waals surface area (Å²) in [6.07, 6.45) is 0.890. The Morgan fingerprint density at radius 3 is 2.38 bits per heavy atom. The minimum absolute atomic E-state index is 0.323. The van der Waals surface area contributed by atoms with Crippen LogP contribution in [0.1, 0.15) is 24.0 Å². The molecule has 3 N–H and O–H groups in total. The van der Waals surface area contributed by atoms with Gasteiger partial charge in [-0.3, -0.25) is 0 Å². The van der Waals surface area contributed by atoms with Crippen molar-refractivity contribution in [1.29, 1.82) is 0 Å². The van der Waals surface area contributed by atoms with E-state index in [-0.39, 0.29) is 0 Å². The summed E-state index contributed by atoms with van der Waals surface area (Å²) in [5.74, 6) is -1.05. The van der Waals surface area contributed by atoms with Crippen molar-refractivity contribution in [2.24, 2.45) is 0 Å². The molecule has 2 amide bonds. The maximum Gasteiger partial charge on any atom is 0.326 e. The minimum Gasteiger partial charge on any atom is -0.480 e. The number of nitrogens with one attached hydrogen (secondary N) is 2. The Morgan fingerprint density at radius 1 is 1.24 bits per heavy atom. The number of aryl methyl sites for hydroxylation is 2. The standard InChI is InChI=1S/C15H22N2O4/c1-10-7-11(2)9-12(8-10)16-15(20)17-13(14(18)19)5-4-6-21-3/h7-9,13H,4-6H2,1-3H3,(H,18,19)(H2,16,17,20). The smallest absolute Gasteiger partial charge is 0.326 e. The highest BCUT2D eigenvalue weighted by Crippen LogP contribution is 2.13.